The number of rotatable bonds is 1. The Kier molecular flexibility index (Phi) is 2.86. The molecular formula is C17H14N2OS. The van der Waals surface area contributed by atoms with Crippen molar-refractivity contribution in [1.29, 1.82) is 0 Å². The smallest absolute Gasteiger partial charge is 0.182 e. The molecule has 2 heterocycles. The number of pyridine rings is 1. The van der Waals surface area contributed by atoms with Gasteiger partial charge in [-0.15, -0.1) is 11.3 Å². The van der Waals surface area contributed by atoms with Gasteiger partial charge < -0.3 is 0 Å². The molecule has 104 valence electrons. The highest BCUT2D eigenvalue weighted by Crippen LogP contribution is 2.33. The van der Waals surface area contributed by atoms with Gasteiger partial charge in [0.25, 0.3) is 0 Å². The second-order valence-corrected chi connectivity index (χ2v) is 6.49. The van der Waals surface area contributed by atoms with Gasteiger partial charge in [-0.25, -0.2) is 9.97 Å². The number of nitrogens with zero attached hydrogens (tertiary/aromatic N) is 2. The summed E-state index contributed by atoms with van der Waals surface area (Å²) in [6.45, 7) is 2.09. The quantitative estimate of drug-likeness (QED) is 0.676. The topological polar surface area (TPSA) is 42.9 Å². The third-order valence-corrected chi connectivity index (χ3v) is 5.05. The molecule has 4 rings (SSSR count). The summed E-state index contributed by atoms with van der Waals surface area (Å²) in [6, 6.07) is 10.2. The minimum absolute atomic E-state index is 0.177. The fourth-order valence-corrected chi connectivity index (χ4v) is 3.92. The van der Waals surface area contributed by atoms with Gasteiger partial charge in [0.2, 0.25) is 0 Å². The van der Waals surface area contributed by atoms with Crippen molar-refractivity contribution in [2.45, 2.75) is 26.2 Å². The van der Waals surface area contributed by atoms with E-state index in [2.05, 4.69) is 24.0 Å². The van der Waals surface area contributed by atoms with Gasteiger partial charge in [0, 0.05) is 16.7 Å². The van der Waals surface area contributed by atoms with Crippen LogP contribution in [0.5, 0.6) is 0 Å². The molecule has 0 atom stereocenters. The Labute approximate surface area is 126 Å². The summed E-state index contributed by atoms with van der Waals surface area (Å²) in [5.74, 6) is 0.177. The molecule has 0 unspecified atom stereocenters. The molecule has 0 bridgehead atoms. The first-order valence-electron chi connectivity index (χ1n) is 7.12. The number of ketones is 1. The molecule has 0 saturated carbocycles. The van der Waals surface area contributed by atoms with E-state index in [1.165, 1.54) is 10.9 Å². The molecule has 0 spiro atoms. The maximum absolute atomic E-state index is 11.9. The zero-order valence-electron chi connectivity index (χ0n) is 11.7. The fraction of sp³-hybridized carbons (Fsp3) is 0.235. The minimum atomic E-state index is 0.177. The highest BCUT2D eigenvalue weighted by Gasteiger charge is 2.23. The predicted octanol–water partition coefficient (Wildman–Crippen LogP) is 4.19. The zero-order chi connectivity index (χ0) is 14.4. The third-order valence-electron chi connectivity index (χ3n) is 3.91. The average Bonchev–Trinajstić information content (AvgIpc) is 2.93. The summed E-state index contributed by atoms with van der Waals surface area (Å²) < 4.78 is 0. The standard InChI is InChI=1S/C17H14N2OS/c1-10-9-13(18-12-6-3-2-5-11(10)12)17-19-16-14(20)7-4-8-15(16)21-17/h2-3,5-6,9H,4,7-8H2,1H3. The first-order valence-corrected chi connectivity index (χ1v) is 7.94. The third kappa shape index (κ3) is 2.07. The van der Waals surface area contributed by atoms with Crippen molar-refractivity contribution in [3.8, 4) is 10.7 Å². The molecule has 1 aromatic carbocycles. The fourth-order valence-electron chi connectivity index (χ4n) is 2.84. The maximum atomic E-state index is 11.9. The van der Waals surface area contributed by atoms with E-state index in [0.29, 0.717) is 12.1 Å². The van der Waals surface area contributed by atoms with Gasteiger partial charge in [-0.2, -0.15) is 0 Å². The van der Waals surface area contributed by atoms with Crippen molar-refractivity contribution < 1.29 is 4.79 Å². The summed E-state index contributed by atoms with van der Waals surface area (Å²) in [6.07, 6.45) is 2.53. The van der Waals surface area contributed by atoms with Crippen LogP contribution in [-0.2, 0) is 6.42 Å². The minimum Gasteiger partial charge on any atom is -0.292 e. The van der Waals surface area contributed by atoms with Crippen LogP contribution in [0.3, 0.4) is 0 Å². The van der Waals surface area contributed by atoms with Gasteiger partial charge in [-0.05, 0) is 37.5 Å². The van der Waals surface area contributed by atoms with E-state index in [4.69, 9.17) is 4.98 Å². The lowest BCUT2D eigenvalue weighted by atomic mass is 10.0. The molecular weight excluding hydrogens is 280 g/mol. The SMILES string of the molecule is Cc1cc(-c2nc3c(s2)CCCC3=O)nc2ccccc12. The van der Waals surface area contributed by atoms with Crippen molar-refractivity contribution in [2.75, 3.05) is 0 Å². The molecule has 0 N–H and O–H groups in total. The van der Waals surface area contributed by atoms with Crippen LogP contribution in [-0.4, -0.2) is 15.8 Å². The largest absolute Gasteiger partial charge is 0.292 e. The van der Waals surface area contributed by atoms with Crippen LogP contribution in [0.4, 0.5) is 0 Å². The summed E-state index contributed by atoms with van der Waals surface area (Å²) in [7, 11) is 0. The number of Topliss-reactive ketones (excluding diaryl/α,β-unsaturated/α-hetero) is 1. The summed E-state index contributed by atoms with van der Waals surface area (Å²) in [5.41, 5.74) is 3.72. The molecule has 0 aliphatic heterocycles. The van der Waals surface area contributed by atoms with E-state index in [0.717, 1.165) is 33.9 Å². The zero-order valence-corrected chi connectivity index (χ0v) is 12.5. The van der Waals surface area contributed by atoms with E-state index < -0.39 is 0 Å². The first-order chi connectivity index (χ1) is 10.2. The lowest BCUT2D eigenvalue weighted by Gasteiger charge is -2.06. The average molecular weight is 294 g/mol. The van der Waals surface area contributed by atoms with Crippen LogP contribution in [0.15, 0.2) is 30.3 Å². The molecule has 2 aromatic heterocycles. The van der Waals surface area contributed by atoms with Crippen LogP contribution < -0.4 is 0 Å². The number of aromatic nitrogens is 2. The van der Waals surface area contributed by atoms with E-state index >= 15 is 0 Å². The molecule has 0 fully saturated rings. The van der Waals surface area contributed by atoms with Crippen LogP contribution >= 0.6 is 11.3 Å². The Bertz CT molecular complexity index is 866. The molecule has 4 heteroatoms. The van der Waals surface area contributed by atoms with Gasteiger partial charge in [-0.1, -0.05) is 18.2 Å². The Morgan fingerprint density at radius 1 is 1.14 bits per heavy atom. The molecule has 21 heavy (non-hydrogen) atoms. The molecule has 0 radical (unpaired) electrons. The number of aryl methyl sites for hydroxylation is 2. The van der Waals surface area contributed by atoms with Gasteiger partial charge in [0.1, 0.15) is 10.7 Å². The van der Waals surface area contributed by atoms with Crippen molar-refractivity contribution in [3.63, 3.8) is 0 Å². The predicted molar refractivity (Wildman–Crippen MR) is 84.9 cm³/mol. The number of para-hydroxylation sites is 1. The highest BCUT2D eigenvalue weighted by atomic mass is 32.1. The number of carbonyl (C=O) groups is 1. The van der Waals surface area contributed by atoms with Crippen molar-refractivity contribution >= 4 is 28.0 Å². The van der Waals surface area contributed by atoms with Crippen LogP contribution in [0.1, 0.15) is 33.8 Å². The Morgan fingerprint density at radius 2 is 2.00 bits per heavy atom. The van der Waals surface area contributed by atoms with Gasteiger partial charge in [0.05, 0.1) is 11.2 Å². The monoisotopic (exact) mass is 294 g/mol. The van der Waals surface area contributed by atoms with Gasteiger partial charge >= 0.3 is 0 Å². The molecule has 0 saturated heterocycles. The number of fused-ring (bicyclic) bond motifs is 2. The van der Waals surface area contributed by atoms with Gasteiger partial charge in [-0.3, -0.25) is 4.79 Å². The highest BCUT2D eigenvalue weighted by molar-refractivity contribution is 7.15. The second kappa shape index (κ2) is 4.74. The number of benzene rings is 1. The van der Waals surface area contributed by atoms with Crippen molar-refractivity contribution in [1.82, 2.24) is 9.97 Å². The number of carbonyl (C=O) groups excluding carboxylic acids is 1. The Hall–Kier alpha value is -2.07. The lowest BCUT2D eigenvalue weighted by Crippen LogP contribution is -2.08. The normalized spacial score (nSPS) is 14.4. The maximum Gasteiger partial charge on any atom is 0.182 e. The van der Waals surface area contributed by atoms with E-state index in [9.17, 15) is 4.79 Å². The van der Waals surface area contributed by atoms with E-state index in [1.807, 2.05) is 18.2 Å². The number of hydrogen-bond acceptors (Lipinski definition) is 4. The van der Waals surface area contributed by atoms with Crippen LogP contribution in [0.2, 0.25) is 0 Å². The molecule has 1 aliphatic rings. The second-order valence-electron chi connectivity index (χ2n) is 5.41. The van der Waals surface area contributed by atoms with Crippen molar-refractivity contribution in [3.05, 3.63) is 46.5 Å². The molecule has 1 aliphatic carbocycles. The number of thiazole rings is 1. The van der Waals surface area contributed by atoms with Crippen LogP contribution in [0.25, 0.3) is 21.6 Å². The van der Waals surface area contributed by atoms with Crippen molar-refractivity contribution in [2.24, 2.45) is 0 Å². The molecule has 3 nitrogen and oxygen atoms in total. The molecule has 0 amide bonds. The lowest BCUT2D eigenvalue weighted by molar-refractivity contribution is 0.0968. The summed E-state index contributed by atoms with van der Waals surface area (Å²) >= 11 is 1.61. The van der Waals surface area contributed by atoms with E-state index in [1.54, 1.807) is 11.3 Å². The van der Waals surface area contributed by atoms with Gasteiger partial charge in [0.15, 0.2) is 5.78 Å². The van der Waals surface area contributed by atoms with Crippen LogP contribution in [0, 0.1) is 6.92 Å². The Morgan fingerprint density at radius 3 is 2.86 bits per heavy atom. The number of hydrogen-bond donors (Lipinski definition) is 0. The summed E-state index contributed by atoms with van der Waals surface area (Å²) in [4.78, 5) is 22.3. The Balaban J connectivity index is 1.89. The first kappa shape index (κ1) is 12.7. The van der Waals surface area contributed by atoms with E-state index in [-0.39, 0.29) is 5.78 Å². The molecule has 3 aromatic rings. The summed E-state index contributed by atoms with van der Waals surface area (Å²) in [5, 5.41) is 2.03.